The van der Waals surface area contributed by atoms with Crippen LogP contribution in [-0.2, 0) is 4.74 Å². The Bertz CT molecular complexity index is 452. The van der Waals surface area contributed by atoms with Crippen LogP contribution in [0.2, 0.25) is 0 Å². The van der Waals surface area contributed by atoms with Gasteiger partial charge in [0.1, 0.15) is 0 Å². The predicted molar refractivity (Wildman–Crippen MR) is 101 cm³/mol. The van der Waals surface area contributed by atoms with E-state index in [1.807, 2.05) is 6.92 Å². The lowest BCUT2D eigenvalue weighted by molar-refractivity contribution is 0.0897. The molecule has 2 bridgehead atoms. The Labute approximate surface area is 153 Å². The highest BCUT2D eigenvalue weighted by molar-refractivity contribution is 5.09. The molecule has 2 unspecified atom stereocenters. The van der Waals surface area contributed by atoms with E-state index in [4.69, 9.17) is 4.74 Å². The smallest absolute Gasteiger partial charge is 0.0749 e. The summed E-state index contributed by atoms with van der Waals surface area (Å²) in [5, 5.41) is 20.2. The van der Waals surface area contributed by atoms with Gasteiger partial charge in [0.05, 0.1) is 24.4 Å². The average molecular weight is 349 g/mol. The molecule has 3 heteroatoms. The summed E-state index contributed by atoms with van der Waals surface area (Å²) in [4.78, 5) is 0. The zero-order valence-electron chi connectivity index (χ0n) is 15.7. The van der Waals surface area contributed by atoms with Crippen LogP contribution in [0.15, 0.2) is 24.3 Å². The molecule has 0 aromatic carbocycles. The largest absolute Gasteiger partial charge is 0.393 e. The number of allylic oxidation sites excluding steroid dienone is 1. The summed E-state index contributed by atoms with van der Waals surface area (Å²) in [6.45, 7) is 2.01. The molecule has 2 heterocycles. The van der Waals surface area contributed by atoms with Gasteiger partial charge in [0.15, 0.2) is 0 Å². The Morgan fingerprint density at radius 1 is 1.00 bits per heavy atom. The van der Waals surface area contributed by atoms with Gasteiger partial charge in [0.2, 0.25) is 0 Å². The van der Waals surface area contributed by atoms with E-state index in [0.717, 1.165) is 25.7 Å². The van der Waals surface area contributed by atoms with Crippen LogP contribution in [-0.4, -0.2) is 34.6 Å². The van der Waals surface area contributed by atoms with Crippen LogP contribution in [0.3, 0.4) is 0 Å². The van der Waals surface area contributed by atoms with Crippen LogP contribution < -0.4 is 0 Å². The molecule has 0 aromatic heterocycles. The van der Waals surface area contributed by atoms with Crippen molar-refractivity contribution < 1.29 is 14.9 Å². The molecule has 6 atom stereocenters. The Hall–Kier alpha value is -0.640. The first kappa shape index (κ1) is 19.1. The van der Waals surface area contributed by atoms with Crippen molar-refractivity contribution in [1.29, 1.82) is 0 Å². The molecular formula is C22H36O3. The van der Waals surface area contributed by atoms with Crippen LogP contribution in [0.4, 0.5) is 0 Å². The number of aliphatic hydroxyl groups is 2. The van der Waals surface area contributed by atoms with Crippen molar-refractivity contribution >= 4 is 0 Å². The second-order valence-electron chi connectivity index (χ2n) is 8.31. The molecule has 142 valence electrons. The summed E-state index contributed by atoms with van der Waals surface area (Å²) in [6, 6.07) is 0. The van der Waals surface area contributed by atoms with Crippen LogP contribution in [0.5, 0.6) is 0 Å². The Kier molecular flexibility index (Phi) is 7.15. The number of rotatable bonds is 8. The Morgan fingerprint density at radius 2 is 1.76 bits per heavy atom. The third-order valence-electron chi connectivity index (χ3n) is 6.60. The third-order valence-corrected chi connectivity index (χ3v) is 6.60. The maximum absolute atomic E-state index is 10.5. The summed E-state index contributed by atoms with van der Waals surface area (Å²) in [6.07, 6.45) is 20.0. The molecule has 0 amide bonds. The number of aliphatic hydroxyl groups excluding tert-OH is 2. The summed E-state index contributed by atoms with van der Waals surface area (Å²) in [7, 11) is 0. The van der Waals surface area contributed by atoms with Crippen LogP contribution in [0.25, 0.3) is 0 Å². The lowest BCUT2D eigenvalue weighted by atomic mass is 9.76. The zero-order valence-corrected chi connectivity index (χ0v) is 15.7. The fraction of sp³-hybridized carbons (Fsp3) is 0.818. The SMILES string of the molecule is CC[C@H](O)CC=CC[C@@H]1C(C=CC(O)C2CCCCC2)[C@H]2CC[C@@H]1O2. The van der Waals surface area contributed by atoms with Crippen LogP contribution in [0.1, 0.15) is 71.1 Å². The second kappa shape index (κ2) is 9.34. The highest BCUT2D eigenvalue weighted by Crippen LogP contribution is 2.46. The molecule has 2 saturated heterocycles. The second-order valence-corrected chi connectivity index (χ2v) is 8.31. The number of ether oxygens (including phenoxy) is 1. The van der Waals surface area contributed by atoms with Gasteiger partial charge in [-0.15, -0.1) is 0 Å². The van der Waals surface area contributed by atoms with Gasteiger partial charge in [0.25, 0.3) is 0 Å². The topological polar surface area (TPSA) is 49.7 Å². The fourth-order valence-electron chi connectivity index (χ4n) is 4.93. The minimum Gasteiger partial charge on any atom is -0.393 e. The highest BCUT2D eigenvalue weighted by Gasteiger charge is 2.46. The number of hydrogen-bond donors (Lipinski definition) is 2. The summed E-state index contributed by atoms with van der Waals surface area (Å²) in [5.41, 5.74) is 0. The quantitative estimate of drug-likeness (QED) is 0.640. The first-order valence-corrected chi connectivity index (χ1v) is 10.5. The lowest BCUT2D eigenvalue weighted by Crippen LogP contribution is -2.26. The molecule has 3 rings (SSSR count). The molecule has 3 fully saturated rings. The normalized spacial score (nSPS) is 35.8. The van der Waals surface area contributed by atoms with E-state index < -0.39 is 0 Å². The lowest BCUT2D eigenvalue weighted by Gasteiger charge is -2.27. The molecule has 0 radical (unpaired) electrons. The van der Waals surface area contributed by atoms with E-state index in [9.17, 15) is 10.2 Å². The van der Waals surface area contributed by atoms with Crippen molar-refractivity contribution in [2.45, 2.75) is 95.5 Å². The van der Waals surface area contributed by atoms with Gasteiger partial charge in [-0.1, -0.05) is 50.5 Å². The molecule has 0 aromatic rings. The number of hydrogen-bond acceptors (Lipinski definition) is 3. The molecule has 3 aliphatic rings. The summed E-state index contributed by atoms with van der Waals surface area (Å²) < 4.78 is 6.16. The van der Waals surface area contributed by atoms with Gasteiger partial charge < -0.3 is 14.9 Å². The first-order valence-electron chi connectivity index (χ1n) is 10.5. The molecule has 1 aliphatic carbocycles. The van der Waals surface area contributed by atoms with Gasteiger partial charge in [-0.2, -0.15) is 0 Å². The van der Waals surface area contributed by atoms with Crippen molar-refractivity contribution in [3.63, 3.8) is 0 Å². The van der Waals surface area contributed by atoms with Gasteiger partial charge in [-0.05, 0) is 56.8 Å². The van der Waals surface area contributed by atoms with Crippen molar-refractivity contribution in [1.82, 2.24) is 0 Å². The van der Waals surface area contributed by atoms with Crippen molar-refractivity contribution in [3.05, 3.63) is 24.3 Å². The van der Waals surface area contributed by atoms with Crippen molar-refractivity contribution in [2.75, 3.05) is 0 Å². The average Bonchev–Trinajstić information content (AvgIpc) is 3.25. The molecule has 2 N–H and O–H groups in total. The van der Waals surface area contributed by atoms with Crippen LogP contribution >= 0.6 is 0 Å². The van der Waals surface area contributed by atoms with Gasteiger partial charge in [0, 0.05) is 5.92 Å². The monoisotopic (exact) mass is 348 g/mol. The van der Waals surface area contributed by atoms with Gasteiger partial charge >= 0.3 is 0 Å². The predicted octanol–water partition coefficient (Wildman–Crippen LogP) is 4.38. The van der Waals surface area contributed by atoms with E-state index in [1.165, 1.54) is 38.5 Å². The Morgan fingerprint density at radius 3 is 2.52 bits per heavy atom. The Balaban J connectivity index is 1.53. The third kappa shape index (κ3) is 4.96. The minimum atomic E-state index is -0.282. The van der Waals surface area contributed by atoms with Crippen LogP contribution in [0, 0.1) is 17.8 Å². The maximum atomic E-state index is 10.5. The van der Waals surface area contributed by atoms with Crippen molar-refractivity contribution in [2.24, 2.45) is 17.8 Å². The molecule has 3 nitrogen and oxygen atoms in total. The molecule has 2 aliphatic heterocycles. The van der Waals surface area contributed by atoms with E-state index in [-0.39, 0.29) is 12.2 Å². The standard InChI is InChI=1S/C22H36O3/c1-2-17(23)10-6-7-11-18-19(22-15-14-21(18)25-22)12-13-20(24)16-8-4-3-5-9-16/h6-7,12-13,16-24H,2-5,8-11,14-15H2,1H3/t17-,18+,19?,20?,21-,22+/m0/s1. The summed E-state index contributed by atoms with van der Waals surface area (Å²) in [5.74, 6) is 1.43. The van der Waals surface area contributed by atoms with Crippen molar-refractivity contribution in [3.8, 4) is 0 Å². The highest BCUT2D eigenvalue weighted by atomic mass is 16.5. The van der Waals surface area contributed by atoms with E-state index in [2.05, 4.69) is 24.3 Å². The number of fused-ring (bicyclic) bond motifs is 2. The minimum absolute atomic E-state index is 0.214. The zero-order chi connectivity index (χ0) is 17.6. The fourth-order valence-corrected chi connectivity index (χ4v) is 4.93. The summed E-state index contributed by atoms with van der Waals surface area (Å²) >= 11 is 0. The van der Waals surface area contributed by atoms with E-state index in [0.29, 0.717) is 30.0 Å². The molecular weight excluding hydrogens is 312 g/mol. The molecule has 25 heavy (non-hydrogen) atoms. The molecule has 0 spiro atoms. The maximum Gasteiger partial charge on any atom is 0.0749 e. The van der Waals surface area contributed by atoms with E-state index >= 15 is 0 Å². The van der Waals surface area contributed by atoms with Gasteiger partial charge in [-0.3, -0.25) is 0 Å². The van der Waals surface area contributed by atoms with E-state index in [1.54, 1.807) is 0 Å². The first-order chi connectivity index (χ1) is 12.2. The van der Waals surface area contributed by atoms with Gasteiger partial charge in [-0.25, -0.2) is 0 Å². The molecule has 1 saturated carbocycles.